The maximum atomic E-state index is 5.75. The van der Waals surface area contributed by atoms with Gasteiger partial charge in [-0.3, -0.25) is 0 Å². The third-order valence-corrected chi connectivity index (χ3v) is 5.35. The summed E-state index contributed by atoms with van der Waals surface area (Å²) in [6, 6.07) is 7.89. The second-order valence-corrected chi connectivity index (χ2v) is 7.08. The predicted molar refractivity (Wildman–Crippen MR) is 83.5 cm³/mol. The second-order valence-electron chi connectivity index (χ2n) is 6.22. The summed E-state index contributed by atoms with van der Waals surface area (Å²) < 4.78 is 6.72. The molecule has 0 spiro atoms. The first kappa shape index (κ1) is 13.5. The third kappa shape index (κ3) is 2.77. The fraction of sp³-hybridized carbons (Fsp3) is 0.500. The van der Waals surface area contributed by atoms with E-state index in [2.05, 4.69) is 31.4 Å². The van der Waals surface area contributed by atoms with Gasteiger partial charge in [-0.05, 0) is 65.1 Å². The van der Waals surface area contributed by atoms with E-state index in [1.165, 1.54) is 25.7 Å². The Bertz CT molecular complexity index is 646. The van der Waals surface area contributed by atoms with Crippen LogP contribution in [0.4, 0.5) is 0 Å². The van der Waals surface area contributed by atoms with Crippen molar-refractivity contribution in [3.63, 3.8) is 0 Å². The first-order valence-electron chi connectivity index (χ1n) is 7.55. The molecule has 0 aliphatic heterocycles. The van der Waals surface area contributed by atoms with E-state index in [1.54, 1.807) is 0 Å². The number of nitrogens with one attached hydrogen (secondary N) is 1. The van der Waals surface area contributed by atoms with Crippen LogP contribution in [-0.4, -0.2) is 16.7 Å². The molecule has 1 N–H and O–H groups in total. The molecule has 2 saturated carbocycles. The summed E-state index contributed by atoms with van der Waals surface area (Å²) in [7, 11) is 0. The molecular formula is C16H18BrN3O. The number of rotatable bonds is 6. The SMILES string of the molecule is Brc1ccccc1-c1nnc(CNCC2(C3CC3)CC2)o1. The standard InChI is InChI=1S/C16H18BrN3O/c17-13-4-2-1-3-12(13)15-20-19-14(21-15)9-18-10-16(7-8-16)11-5-6-11/h1-4,11,18H,5-10H2. The van der Waals surface area contributed by atoms with Gasteiger partial charge < -0.3 is 9.73 Å². The van der Waals surface area contributed by atoms with Crippen molar-refractivity contribution in [1.82, 2.24) is 15.5 Å². The summed E-state index contributed by atoms with van der Waals surface area (Å²) in [4.78, 5) is 0. The summed E-state index contributed by atoms with van der Waals surface area (Å²) in [5, 5.41) is 11.8. The van der Waals surface area contributed by atoms with Gasteiger partial charge in [-0.25, -0.2) is 0 Å². The lowest BCUT2D eigenvalue weighted by Gasteiger charge is -2.13. The minimum absolute atomic E-state index is 0.572. The van der Waals surface area contributed by atoms with Crippen molar-refractivity contribution in [2.45, 2.75) is 32.2 Å². The molecule has 5 heteroatoms. The molecule has 2 aliphatic carbocycles. The fourth-order valence-corrected chi connectivity index (χ4v) is 3.53. The van der Waals surface area contributed by atoms with Crippen molar-refractivity contribution in [3.8, 4) is 11.5 Å². The molecule has 0 radical (unpaired) electrons. The number of nitrogens with zero attached hydrogens (tertiary/aromatic N) is 2. The molecule has 0 unspecified atom stereocenters. The lowest BCUT2D eigenvalue weighted by atomic mass is 10.0. The maximum Gasteiger partial charge on any atom is 0.248 e. The molecule has 4 rings (SSSR count). The predicted octanol–water partition coefficient (Wildman–Crippen LogP) is 3.78. The minimum atomic E-state index is 0.572. The molecule has 2 aromatic rings. The van der Waals surface area contributed by atoms with Gasteiger partial charge in [0, 0.05) is 11.0 Å². The molecule has 2 aliphatic rings. The molecule has 0 atom stereocenters. The van der Waals surface area contributed by atoms with E-state index in [1.807, 2.05) is 24.3 Å². The smallest absolute Gasteiger partial charge is 0.248 e. The van der Waals surface area contributed by atoms with E-state index < -0.39 is 0 Å². The van der Waals surface area contributed by atoms with Crippen LogP contribution in [0.1, 0.15) is 31.6 Å². The summed E-state index contributed by atoms with van der Waals surface area (Å²) in [5.74, 6) is 2.21. The largest absolute Gasteiger partial charge is 0.419 e. The highest BCUT2D eigenvalue weighted by Gasteiger charge is 2.53. The zero-order valence-corrected chi connectivity index (χ0v) is 13.4. The highest BCUT2D eigenvalue weighted by Crippen LogP contribution is 2.60. The number of benzene rings is 1. The highest BCUT2D eigenvalue weighted by molar-refractivity contribution is 9.10. The molecule has 1 aromatic heterocycles. The van der Waals surface area contributed by atoms with Crippen molar-refractivity contribution in [2.75, 3.05) is 6.54 Å². The van der Waals surface area contributed by atoms with Crippen LogP contribution in [0.5, 0.6) is 0 Å². The Kier molecular flexibility index (Phi) is 3.34. The van der Waals surface area contributed by atoms with Crippen LogP contribution >= 0.6 is 15.9 Å². The van der Waals surface area contributed by atoms with Crippen molar-refractivity contribution >= 4 is 15.9 Å². The van der Waals surface area contributed by atoms with Gasteiger partial charge in [0.1, 0.15) is 0 Å². The Balaban J connectivity index is 1.37. The Morgan fingerprint density at radius 3 is 2.76 bits per heavy atom. The number of aromatic nitrogens is 2. The van der Waals surface area contributed by atoms with E-state index in [9.17, 15) is 0 Å². The summed E-state index contributed by atoms with van der Waals surface area (Å²) in [5.41, 5.74) is 1.54. The van der Waals surface area contributed by atoms with E-state index in [0.717, 1.165) is 22.5 Å². The molecule has 1 aromatic carbocycles. The van der Waals surface area contributed by atoms with Crippen LogP contribution in [0.25, 0.3) is 11.5 Å². The fourth-order valence-electron chi connectivity index (χ4n) is 3.07. The monoisotopic (exact) mass is 347 g/mol. The Morgan fingerprint density at radius 2 is 2.05 bits per heavy atom. The van der Waals surface area contributed by atoms with Crippen LogP contribution in [0.3, 0.4) is 0 Å². The van der Waals surface area contributed by atoms with Crippen molar-refractivity contribution in [3.05, 3.63) is 34.6 Å². The van der Waals surface area contributed by atoms with Crippen molar-refractivity contribution < 1.29 is 4.42 Å². The topological polar surface area (TPSA) is 51.0 Å². The van der Waals surface area contributed by atoms with Crippen LogP contribution < -0.4 is 5.32 Å². The van der Waals surface area contributed by atoms with Gasteiger partial charge in [0.2, 0.25) is 11.8 Å². The van der Waals surface area contributed by atoms with Gasteiger partial charge in [0.05, 0.1) is 12.1 Å². The van der Waals surface area contributed by atoms with Gasteiger partial charge in [-0.15, -0.1) is 10.2 Å². The normalized spacial score (nSPS) is 19.7. The maximum absolute atomic E-state index is 5.75. The highest BCUT2D eigenvalue weighted by atomic mass is 79.9. The van der Waals surface area contributed by atoms with Gasteiger partial charge in [0.25, 0.3) is 0 Å². The van der Waals surface area contributed by atoms with E-state index in [0.29, 0.717) is 23.7 Å². The Hall–Kier alpha value is -1.20. The molecule has 0 saturated heterocycles. The molecule has 2 fully saturated rings. The summed E-state index contributed by atoms with van der Waals surface area (Å²) >= 11 is 3.51. The van der Waals surface area contributed by atoms with Gasteiger partial charge in [-0.2, -0.15) is 0 Å². The molecule has 1 heterocycles. The van der Waals surface area contributed by atoms with Crippen LogP contribution in [-0.2, 0) is 6.54 Å². The van der Waals surface area contributed by atoms with Gasteiger partial charge in [-0.1, -0.05) is 12.1 Å². The van der Waals surface area contributed by atoms with Crippen LogP contribution in [0.2, 0.25) is 0 Å². The Morgan fingerprint density at radius 1 is 1.24 bits per heavy atom. The number of hydrogen-bond acceptors (Lipinski definition) is 4. The molecule has 21 heavy (non-hydrogen) atoms. The lowest BCUT2D eigenvalue weighted by Crippen LogP contribution is -2.25. The Labute approximate surface area is 132 Å². The zero-order valence-electron chi connectivity index (χ0n) is 11.8. The van der Waals surface area contributed by atoms with Crippen molar-refractivity contribution in [1.29, 1.82) is 0 Å². The molecule has 110 valence electrons. The first-order chi connectivity index (χ1) is 10.3. The first-order valence-corrected chi connectivity index (χ1v) is 8.34. The average Bonchev–Trinajstić information content (AvgIpc) is 3.38. The van der Waals surface area contributed by atoms with E-state index in [4.69, 9.17) is 4.42 Å². The van der Waals surface area contributed by atoms with Crippen LogP contribution in [0.15, 0.2) is 33.2 Å². The van der Waals surface area contributed by atoms with E-state index in [-0.39, 0.29) is 0 Å². The molecule has 0 bridgehead atoms. The quantitative estimate of drug-likeness (QED) is 0.863. The number of halogens is 1. The molecular weight excluding hydrogens is 330 g/mol. The molecule has 4 nitrogen and oxygen atoms in total. The van der Waals surface area contributed by atoms with Gasteiger partial charge in [0.15, 0.2) is 0 Å². The second kappa shape index (κ2) is 5.21. The summed E-state index contributed by atoms with van der Waals surface area (Å²) in [6.45, 7) is 1.75. The van der Waals surface area contributed by atoms with Crippen LogP contribution in [0, 0.1) is 11.3 Å². The van der Waals surface area contributed by atoms with Crippen molar-refractivity contribution in [2.24, 2.45) is 11.3 Å². The third-order valence-electron chi connectivity index (χ3n) is 4.66. The molecule has 0 amide bonds. The average molecular weight is 348 g/mol. The summed E-state index contributed by atoms with van der Waals surface area (Å²) in [6.07, 6.45) is 5.62. The van der Waals surface area contributed by atoms with Gasteiger partial charge >= 0.3 is 0 Å². The lowest BCUT2D eigenvalue weighted by molar-refractivity contribution is 0.385. The van der Waals surface area contributed by atoms with E-state index >= 15 is 0 Å². The zero-order chi connectivity index (χ0) is 14.3. The minimum Gasteiger partial charge on any atom is -0.419 e. The number of hydrogen-bond donors (Lipinski definition) is 1.